The smallest absolute Gasteiger partial charge is 0.289 e. The van der Waals surface area contributed by atoms with E-state index in [0.717, 1.165) is 16.0 Å². The molecule has 0 spiro atoms. The summed E-state index contributed by atoms with van der Waals surface area (Å²) in [6, 6.07) is 21.9. The van der Waals surface area contributed by atoms with Gasteiger partial charge in [0.2, 0.25) is 5.91 Å². The lowest BCUT2D eigenvalue weighted by molar-refractivity contribution is -0.126. The van der Waals surface area contributed by atoms with Crippen molar-refractivity contribution in [1.29, 1.82) is 0 Å². The zero-order chi connectivity index (χ0) is 21.5. The maximum absolute atomic E-state index is 13.0. The molecule has 1 aliphatic heterocycles. The van der Waals surface area contributed by atoms with Crippen LogP contribution >= 0.6 is 11.8 Å². The topological polar surface area (TPSA) is 62.6 Å². The highest BCUT2D eigenvalue weighted by atomic mass is 32.2. The molecule has 0 saturated carbocycles. The van der Waals surface area contributed by atoms with Crippen molar-refractivity contribution in [1.82, 2.24) is 10.2 Å². The van der Waals surface area contributed by atoms with E-state index in [1.54, 1.807) is 22.9 Å². The van der Waals surface area contributed by atoms with Crippen LogP contribution in [0.2, 0.25) is 0 Å². The molecule has 31 heavy (non-hydrogen) atoms. The molecule has 2 heterocycles. The van der Waals surface area contributed by atoms with Crippen molar-refractivity contribution in [3.8, 4) is 0 Å². The second kappa shape index (κ2) is 10.4. The Bertz CT molecular complexity index is 996. The lowest BCUT2D eigenvalue weighted by Crippen LogP contribution is -2.43. The molecule has 2 aromatic carbocycles. The first kappa shape index (κ1) is 21.2. The van der Waals surface area contributed by atoms with E-state index in [2.05, 4.69) is 17.4 Å². The summed E-state index contributed by atoms with van der Waals surface area (Å²) < 4.78 is 5.55. The van der Waals surface area contributed by atoms with Gasteiger partial charge in [-0.1, -0.05) is 48.5 Å². The van der Waals surface area contributed by atoms with Gasteiger partial charge in [-0.3, -0.25) is 9.59 Å². The Labute approximate surface area is 186 Å². The number of furan rings is 1. The van der Waals surface area contributed by atoms with Gasteiger partial charge < -0.3 is 14.6 Å². The summed E-state index contributed by atoms with van der Waals surface area (Å²) in [7, 11) is 0. The summed E-state index contributed by atoms with van der Waals surface area (Å²) >= 11 is 1.68. The molecule has 0 atom stereocenters. The average Bonchev–Trinajstić information content (AvgIpc) is 3.31. The Morgan fingerprint density at radius 1 is 0.968 bits per heavy atom. The van der Waals surface area contributed by atoms with Crippen LogP contribution in [0, 0.1) is 5.92 Å². The Hall–Kier alpha value is -2.99. The van der Waals surface area contributed by atoms with Crippen LogP contribution in [-0.2, 0) is 17.1 Å². The highest BCUT2D eigenvalue weighted by Gasteiger charge is 2.29. The summed E-state index contributed by atoms with van der Waals surface area (Å²) in [4.78, 5) is 28.5. The second-order valence-corrected chi connectivity index (χ2v) is 8.70. The normalized spacial score (nSPS) is 14.4. The molecule has 0 bridgehead atoms. The molecule has 6 heteroatoms. The number of amides is 2. The summed E-state index contributed by atoms with van der Waals surface area (Å²) in [5.74, 6) is 1.01. The van der Waals surface area contributed by atoms with Gasteiger partial charge in [-0.15, -0.1) is 11.8 Å². The molecule has 1 N–H and O–H groups in total. The van der Waals surface area contributed by atoms with Gasteiger partial charge in [0.1, 0.15) is 0 Å². The number of likely N-dealkylation sites (tertiary alicyclic amines) is 1. The van der Waals surface area contributed by atoms with Gasteiger partial charge in [0.15, 0.2) is 5.76 Å². The van der Waals surface area contributed by atoms with E-state index in [0.29, 0.717) is 44.0 Å². The van der Waals surface area contributed by atoms with Gasteiger partial charge in [-0.2, -0.15) is 0 Å². The van der Waals surface area contributed by atoms with Crippen LogP contribution < -0.4 is 5.32 Å². The van der Waals surface area contributed by atoms with Gasteiger partial charge in [0.05, 0.1) is 6.26 Å². The lowest BCUT2D eigenvalue weighted by atomic mass is 9.95. The Morgan fingerprint density at radius 3 is 2.35 bits per heavy atom. The van der Waals surface area contributed by atoms with Crippen LogP contribution in [0.5, 0.6) is 0 Å². The molecule has 1 fully saturated rings. The number of rotatable bonds is 7. The molecule has 2 amide bonds. The molecule has 1 aromatic heterocycles. The first-order chi connectivity index (χ1) is 15.2. The predicted molar refractivity (Wildman–Crippen MR) is 122 cm³/mol. The molecule has 3 aromatic rings. The Balaban J connectivity index is 1.27. The highest BCUT2D eigenvalue weighted by Crippen LogP contribution is 2.27. The molecular weight excluding hydrogens is 408 g/mol. The maximum atomic E-state index is 13.0. The largest absolute Gasteiger partial charge is 0.459 e. The van der Waals surface area contributed by atoms with Crippen LogP contribution in [0.1, 0.15) is 34.5 Å². The van der Waals surface area contributed by atoms with Crippen molar-refractivity contribution in [2.45, 2.75) is 30.0 Å². The van der Waals surface area contributed by atoms with Gasteiger partial charge in [0, 0.05) is 41.8 Å². The zero-order valence-electron chi connectivity index (χ0n) is 17.3. The average molecular weight is 435 g/mol. The Kier molecular flexibility index (Phi) is 7.10. The number of nitrogens with one attached hydrogen (secondary N) is 1. The fourth-order valence-corrected chi connectivity index (χ4v) is 4.63. The molecule has 0 radical (unpaired) electrons. The van der Waals surface area contributed by atoms with Crippen molar-refractivity contribution in [3.05, 3.63) is 89.9 Å². The molecule has 0 unspecified atom stereocenters. The van der Waals surface area contributed by atoms with Gasteiger partial charge >= 0.3 is 0 Å². The Morgan fingerprint density at radius 2 is 1.65 bits per heavy atom. The highest BCUT2D eigenvalue weighted by molar-refractivity contribution is 7.98. The minimum Gasteiger partial charge on any atom is -0.459 e. The van der Waals surface area contributed by atoms with Crippen molar-refractivity contribution in [3.63, 3.8) is 0 Å². The molecule has 1 saturated heterocycles. The van der Waals surface area contributed by atoms with Crippen LogP contribution in [-0.4, -0.2) is 29.8 Å². The summed E-state index contributed by atoms with van der Waals surface area (Å²) in [6.07, 6.45) is 2.92. The molecular formula is C25H26N2O3S. The maximum Gasteiger partial charge on any atom is 0.289 e. The van der Waals surface area contributed by atoms with E-state index in [4.69, 9.17) is 4.42 Å². The van der Waals surface area contributed by atoms with Gasteiger partial charge in [-0.05, 0) is 36.6 Å². The summed E-state index contributed by atoms with van der Waals surface area (Å²) in [5.41, 5.74) is 1.99. The first-order valence-electron chi connectivity index (χ1n) is 10.6. The van der Waals surface area contributed by atoms with Crippen LogP contribution in [0.3, 0.4) is 0 Å². The lowest BCUT2D eigenvalue weighted by Gasteiger charge is -2.31. The van der Waals surface area contributed by atoms with E-state index in [1.165, 1.54) is 0 Å². The van der Waals surface area contributed by atoms with Crippen molar-refractivity contribution in [2.24, 2.45) is 5.92 Å². The van der Waals surface area contributed by atoms with E-state index in [1.807, 2.05) is 54.6 Å². The van der Waals surface area contributed by atoms with Crippen molar-refractivity contribution < 1.29 is 14.0 Å². The number of piperidine rings is 1. The molecule has 1 aliphatic rings. The fourth-order valence-electron chi connectivity index (χ4n) is 3.73. The van der Waals surface area contributed by atoms with Crippen molar-refractivity contribution in [2.75, 3.05) is 13.1 Å². The number of carbonyl (C=O) groups is 2. The van der Waals surface area contributed by atoms with Crippen LogP contribution in [0.25, 0.3) is 0 Å². The number of carbonyl (C=O) groups excluding carboxylic acids is 2. The number of benzene rings is 2. The number of hydrogen-bond donors (Lipinski definition) is 1. The standard InChI is InChI=1S/C25H26N2O3S/c28-24(26-17-19-7-3-1-4-8-19)20-11-14-27(15-12-20)25(29)23-21(13-16-30-23)18-31-22-9-5-2-6-10-22/h1-10,13,16,20H,11-12,14-15,17-18H2,(H,26,28). The van der Waals surface area contributed by atoms with E-state index in [9.17, 15) is 9.59 Å². The third-order valence-corrected chi connectivity index (χ3v) is 6.60. The summed E-state index contributed by atoms with van der Waals surface area (Å²) in [5, 5.41) is 3.02. The summed E-state index contributed by atoms with van der Waals surface area (Å²) in [6.45, 7) is 1.66. The van der Waals surface area contributed by atoms with E-state index < -0.39 is 0 Å². The van der Waals surface area contributed by atoms with Crippen LogP contribution in [0.15, 0.2) is 82.3 Å². The predicted octanol–water partition coefficient (Wildman–Crippen LogP) is 4.74. The molecule has 5 nitrogen and oxygen atoms in total. The number of nitrogens with zero attached hydrogens (tertiary/aromatic N) is 1. The molecule has 0 aliphatic carbocycles. The van der Waals surface area contributed by atoms with E-state index >= 15 is 0 Å². The quantitative estimate of drug-likeness (QED) is 0.546. The fraction of sp³-hybridized carbons (Fsp3) is 0.280. The number of thioether (sulfide) groups is 1. The monoisotopic (exact) mass is 434 g/mol. The van der Waals surface area contributed by atoms with Gasteiger partial charge in [0.25, 0.3) is 5.91 Å². The molecule has 160 valence electrons. The second-order valence-electron chi connectivity index (χ2n) is 7.65. The third-order valence-electron chi connectivity index (χ3n) is 5.54. The van der Waals surface area contributed by atoms with Crippen LogP contribution in [0.4, 0.5) is 0 Å². The first-order valence-corrected chi connectivity index (χ1v) is 11.5. The SMILES string of the molecule is O=C(NCc1ccccc1)C1CCN(C(=O)c2occc2CSc2ccccc2)CC1. The molecule has 4 rings (SSSR count). The number of hydrogen-bond acceptors (Lipinski definition) is 4. The van der Waals surface area contributed by atoms with Gasteiger partial charge in [-0.25, -0.2) is 0 Å². The minimum absolute atomic E-state index is 0.0579. The van der Waals surface area contributed by atoms with Crippen molar-refractivity contribution >= 4 is 23.6 Å². The van der Waals surface area contributed by atoms with E-state index in [-0.39, 0.29) is 17.7 Å². The minimum atomic E-state index is -0.0863. The third kappa shape index (κ3) is 5.58. The zero-order valence-corrected chi connectivity index (χ0v) is 18.1.